The first-order valence-corrected chi connectivity index (χ1v) is 1.46. The number of halogens is 2. The number of ether oxygens (including phenoxy) is 1. The summed E-state index contributed by atoms with van der Waals surface area (Å²) in [7, 11) is 1.35. The molecule has 7 heavy (non-hydrogen) atoms. The van der Waals surface area contributed by atoms with Crippen molar-refractivity contribution in [1.82, 2.24) is 0 Å². The zero-order valence-electron chi connectivity index (χ0n) is 4.07. The molecule has 0 aromatic rings. The van der Waals surface area contributed by atoms with Gasteiger partial charge in [-0.15, -0.1) is 0 Å². The van der Waals surface area contributed by atoms with Crippen LogP contribution in [0.4, 0.5) is 9.15 Å². The lowest BCUT2D eigenvalue weighted by atomic mass is 10.8. The molecule has 0 aliphatic carbocycles. The Morgan fingerprint density at radius 1 is 1.57 bits per heavy atom. The average Bonchev–Trinajstić information content (AvgIpc) is 1.73. The highest BCUT2D eigenvalue weighted by Crippen LogP contribution is 1.60. The normalized spacial score (nSPS) is 5.71. The molecule has 0 radical (unpaired) electrons. The second kappa shape index (κ2) is 9.01. The molecule has 0 aromatic carbocycles. The van der Waals surface area contributed by atoms with E-state index in [9.17, 15) is 4.79 Å². The van der Waals surface area contributed by atoms with Gasteiger partial charge in [0.15, 0.2) is 0 Å². The zero-order chi connectivity index (χ0) is 6.28. The van der Waals surface area contributed by atoms with Gasteiger partial charge in [-0.25, -0.2) is 0 Å². The Balaban J connectivity index is 0. The number of rotatable bonds is 0. The topological polar surface area (TPSA) is 26.3 Å². The molecule has 0 fully saturated rings. The van der Waals surface area contributed by atoms with Gasteiger partial charge in [0, 0.05) is 16.1 Å². The van der Waals surface area contributed by atoms with Gasteiger partial charge in [0.25, 0.3) is 0 Å². The Hall–Kier alpha value is -0.670. The van der Waals surface area contributed by atoms with Crippen molar-refractivity contribution < 1.29 is 18.7 Å². The second-order valence-electron chi connectivity index (χ2n) is 0.696. The maximum Gasteiger partial charge on any atom is 0.302 e. The molecule has 0 saturated heterocycles. The molecule has 2 nitrogen and oxygen atoms in total. The van der Waals surface area contributed by atoms with Gasteiger partial charge >= 0.3 is 5.97 Å². The highest BCUT2D eigenvalue weighted by molar-refractivity contribution is 5.65. The van der Waals surface area contributed by atoms with Crippen LogP contribution in [0, 0.1) is 0 Å². The highest BCUT2D eigenvalue weighted by atomic mass is 20.0. The predicted molar refractivity (Wildman–Crippen MR) is 19.9 cm³/mol. The largest absolute Gasteiger partial charge is 0.469 e. The van der Waals surface area contributed by atoms with Crippen LogP contribution in [0.25, 0.3) is 0 Å². The summed E-state index contributed by atoms with van der Waals surface area (Å²) in [6.45, 7) is 1.36. The maximum atomic E-state index is 9.59. The second-order valence-corrected chi connectivity index (χ2v) is 0.696. The molecule has 0 N–H and O–H groups in total. The molecular formula is C3H6F2O2. The number of carbonyl (C=O) groups is 1. The lowest BCUT2D eigenvalue weighted by Crippen LogP contribution is -1.88. The van der Waals surface area contributed by atoms with Crippen LogP contribution in [-0.4, -0.2) is 13.1 Å². The molecular weight excluding hydrogens is 106 g/mol. The Labute approximate surface area is 39.9 Å². The Kier molecular flexibility index (Phi) is 12.3. The molecule has 0 aliphatic rings. The monoisotopic (exact) mass is 112 g/mol. The molecule has 0 rings (SSSR count). The molecule has 0 bridgehead atoms. The first kappa shape index (κ1) is 9.59. The van der Waals surface area contributed by atoms with Gasteiger partial charge in [-0.05, 0) is 0 Å². The van der Waals surface area contributed by atoms with Crippen LogP contribution in [0.5, 0.6) is 0 Å². The fraction of sp³-hybridized carbons (Fsp3) is 0.667. The lowest BCUT2D eigenvalue weighted by molar-refractivity contribution is -0.137. The van der Waals surface area contributed by atoms with Gasteiger partial charge in [-0.1, -0.05) is 0 Å². The summed E-state index contributed by atoms with van der Waals surface area (Å²) in [5, 5.41) is 0. The summed E-state index contributed by atoms with van der Waals surface area (Å²) in [6, 6.07) is 0. The number of esters is 1. The maximum absolute atomic E-state index is 9.59. The van der Waals surface area contributed by atoms with E-state index in [-0.39, 0.29) is 5.97 Å². The first-order chi connectivity index (χ1) is 3.27. The molecule has 0 saturated carbocycles. The van der Waals surface area contributed by atoms with E-state index in [4.69, 9.17) is 9.15 Å². The summed E-state index contributed by atoms with van der Waals surface area (Å²) >= 11 is 0. The lowest BCUT2D eigenvalue weighted by Gasteiger charge is -1.80. The molecule has 0 aromatic heterocycles. The van der Waals surface area contributed by atoms with Crippen molar-refractivity contribution in [3.63, 3.8) is 0 Å². The predicted octanol–water partition coefficient (Wildman–Crippen LogP) is 1.02. The highest BCUT2D eigenvalue weighted by Gasteiger charge is 1.75. The van der Waals surface area contributed by atoms with Gasteiger partial charge < -0.3 is 4.74 Å². The van der Waals surface area contributed by atoms with Gasteiger partial charge in [0.05, 0.1) is 7.11 Å². The van der Waals surface area contributed by atoms with E-state index in [1.807, 2.05) is 0 Å². The standard InChI is InChI=1S/C3H6O2.F2/c1-3(4)5-2;1-2/h1-2H3;. The minimum atomic E-state index is -0.245. The molecule has 0 spiro atoms. The fourth-order valence-electron chi connectivity index (χ4n) is 0. The van der Waals surface area contributed by atoms with Crippen LogP contribution in [0.2, 0.25) is 0 Å². The number of carbonyl (C=O) groups excluding carboxylic acids is 1. The first-order valence-electron chi connectivity index (χ1n) is 1.46. The van der Waals surface area contributed by atoms with Crippen molar-refractivity contribution in [2.24, 2.45) is 0 Å². The molecule has 0 aliphatic heterocycles. The molecule has 0 atom stereocenters. The summed E-state index contributed by atoms with van der Waals surface area (Å²) in [6.07, 6.45) is 0. The summed E-state index contributed by atoms with van der Waals surface area (Å²) in [5.41, 5.74) is 0. The van der Waals surface area contributed by atoms with Crippen LogP contribution in [0.15, 0.2) is 0 Å². The SMILES string of the molecule is COC(C)=O.FF. The van der Waals surface area contributed by atoms with Crippen molar-refractivity contribution in [2.45, 2.75) is 6.92 Å². The van der Waals surface area contributed by atoms with Gasteiger partial charge in [-0.2, -0.15) is 0 Å². The third-order valence-corrected chi connectivity index (χ3v) is 0.287. The Morgan fingerprint density at radius 3 is 1.71 bits per heavy atom. The van der Waals surface area contributed by atoms with Crippen molar-refractivity contribution in [1.29, 1.82) is 0 Å². The zero-order valence-corrected chi connectivity index (χ0v) is 4.07. The van der Waals surface area contributed by atoms with Gasteiger partial charge in [-0.3, -0.25) is 4.79 Å². The third kappa shape index (κ3) is 33.4. The van der Waals surface area contributed by atoms with E-state index in [2.05, 4.69) is 4.74 Å². The van der Waals surface area contributed by atoms with Crippen LogP contribution in [0.3, 0.4) is 0 Å². The fourth-order valence-corrected chi connectivity index (χ4v) is 0. The number of hydrogen-bond acceptors (Lipinski definition) is 2. The number of hydrogen-bond donors (Lipinski definition) is 0. The average molecular weight is 112 g/mol. The van der Waals surface area contributed by atoms with Crippen molar-refractivity contribution in [3.05, 3.63) is 0 Å². The van der Waals surface area contributed by atoms with Crippen LogP contribution in [-0.2, 0) is 9.53 Å². The van der Waals surface area contributed by atoms with Crippen molar-refractivity contribution in [3.8, 4) is 0 Å². The van der Waals surface area contributed by atoms with Crippen LogP contribution < -0.4 is 0 Å². The van der Waals surface area contributed by atoms with E-state index < -0.39 is 0 Å². The molecule has 44 valence electrons. The van der Waals surface area contributed by atoms with Crippen LogP contribution >= 0.6 is 0 Å². The van der Waals surface area contributed by atoms with Crippen molar-refractivity contribution >= 4 is 5.97 Å². The minimum absolute atomic E-state index is 0.245. The molecule has 0 amide bonds. The van der Waals surface area contributed by atoms with Gasteiger partial charge in [0.2, 0.25) is 0 Å². The van der Waals surface area contributed by atoms with Crippen molar-refractivity contribution in [2.75, 3.05) is 7.11 Å². The van der Waals surface area contributed by atoms with E-state index in [1.165, 1.54) is 14.0 Å². The molecule has 0 heterocycles. The molecule has 4 heteroatoms. The number of methoxy groups -OCH3 is 1. The quantitative estimate of drug-likeness (QED) is 0.437. The van der Waals surface area contributed by atoms with E-state index >= 15 is 0 Å². The molecule has 0 unspecified atom stereocenters. The van der Waals surface area contributed by atoms with E-state index in [0.717, 1.165) is 0 Å². The third-order valence-electron chi connectivity index (χ3n) is 0.287. The Bertz CT molecular complexity index is 46.2. The summed E-state index contributed by atoms with van der Waals surface area (Å²) in [5.74, 6) is -0.245. The summed E-state index contributed by atoms with van der Waals surface area (Å²) < 4.78 is 20.1. The van der Waals surface area contributed by atoms with Gasteiger partial charge in [0.1, 0.15) is 0 Å². The van der Waals surface area contributed by atoms with Crippen LogP contribution in [0.1, 0.15) is 6.92 Å². The van der Waals surface area contributed by atoms with E-state index in [1.54, 1.807) is 0 Å². The minimum Gasteiger partial charge on any atom is -0.469 e. The smallest absolute Gasteiger partial charge is 0.302 e. The summed E-state index contributed by atoms with van der Waals surface area (Å²) in [4.78, 5) is 9.59. The Morgan fingerprint density at radius 2 is 1.71 bits per heavy atom. The van der Waals surface area contributed by atoms with E-state index in [0.29, 0.717) is 0 Å².